The van der Waals surface area contributed by atoms with Crippen LogP contribution >= 0.6 is 27.5 Å². The number of hydrogen-bond donors (Lipinski definition) is 0. The molecule has 8 heteroatoms. The zero-order valence-corrected chi connectivity index (χ0v) is 19.9. The summed E-state index contributed by atoms with van der Waals surface area (Å²) in [6.45, 7) is 0.163. The van der Waals surface area contributed by atoms with Gasteiger partial charge in [-0.3, -0.25) is 4.79 Å². The van der Waals surface area contributed by atoms with Gasteiger partial charge in [0.25, 0.3) is 5.56 Å². The highest BCUT2D eigenvalue weighted by atomic mass is 79.9. The Morgan fingerprint density at radius 2 is 2.03 bits per heavy atom. The minimum Gasteiger partial charge on any atom is -0.480 e. The van der Waals surface area contributed by atoms with Crippen molar-refractivity contribution in [2.75, 3.05) is 6.61 Å². The van der Waals surface area contributed by atoms with Gasteiger partial charge in [0.2, 0.25) is 5.82 Å². The Hall–Kier alpha value is -3.86. The third-order valence-electron chi connectivity index (χ3n) is 5.04. The van der Waals surface area contributed by atoms with E-state index in [9.17, 15) is 4.79 Å². The average Bonchev–Trinajstić information content (AvgIpc) is 3.26. The van der Waals surface area contributed by atoms with E-state index in [4.69, 9.17) is 27.2 Å². The molecule has 0 aliphatic heterocycles. The lowest BCUT2D eigenvalue weighted by molar-refractivity contribution is 0.368. The summed E-state index contributed by atoms with van der Waals surface area (Å²) in [5.41, 5.74) is 1.60. The maximum atomic E-state index is 13.4. The number of hydrogen-bond acceptors (Lipinski definition) is 5. The van der Waals surface area contributed by atoms with Crippen molar-refractivity contribution in [2.24, 2.45) is 5.10 Å². The van der Waals surface area contributed by atoms with Crippen LogP contribution in [0.15, 0.2) is 85.5 Å². The summed E-state index contributed by atoms with van der Waals surface area (Å²) in [6.07, 6.45) is 6.82. The lowest BCUT2D eigenvalue weighted by Gasteiger charge is -2.08. The minimum absolute atomic E-state index is 0.163. The number of fused-ring (bicyclic) bond motifs is 2. The molecule has 6 nitrogen and oxygen atoms in total. The van der Waals surface area contributed by atoms with Crippen LogP contribution in [0.1, 0.15) is 5.56 Å². The third kappa shape index (κ3) is 4.21. The van der Waals surface area contributed by atoms with Gasteiger partial charge in [0.15, 0.2) is 5.76 Å². The summed E-state index contributed by atoms with van der Waals surface area (Å²) >= 11 is 9.58. The molecule has 0 aliphatic rings. The molecule has 166 valence electrons. The summed E-state index contributed by atoms with van der Waals surface area (Å²) in [5.74, 6) is 3.72. The Labute approximate surface area is 207 Å². The van der Waals surface area contributed by atoms with E-state index in [1.165, 1.54) is 4.68 Å². The fourth-order valence-electron chi connectivity index (χ4n) is 3.47. The molecule has 0 saturated heterocycles. The molecule has 0 fully saturated rings. The van der Waals surface area contributed by atoms with E-state index in [0.717, 1.165) is 10.9 Å². The SMILES string of the molecule is C#CCOc1ccc(C=Nn2c(-c3cc4cc(Cl)ccc4o3)nc3ccccc3c2=O)cc1Br. The predicted molar refractivity (Wildman–Crippen MR) is 138 cm³/mol. The van der Waals surface area contributed by atoms with Gasteiger partial charge in [0, 0.05) is 10.4 Å². The van der Waals surface area contributed by atoms with Crippen LogP contribution in [0.3, 0.4) is 0 Å². The van der Waals surface area contributed by atoms with E-state index in [0.29, 0.717) is 37.5 Å². The number of rotatable bonds is 5. The van der Waals surface area contributed by atoms with Gasteiger partial charge in [0.1, 0.15) is 17.9 Å². The first-order valence-electron chi connectivity index (χ1n) is 10.1. The first-order valence-corrected chi connectivity index (χ1v) is 11.3. The zero-order chi connectivity index (χ0) is 23.7. The monoisotopic (exact) mass is 531 g/mol. The van der Waals surface area contributed by atoms with Crippen LogP contribution in [0.2, 0.25) is 5.02 Å². The molecule has 0 amide bonds. The Morgan fingerprint density at radius 1 is 1.18 bits per heavy atom. The first-order chi connectivity index (χ1) is 16.5. The van der Waals surface area contributed by atoms with Crippen molar-refractivity contribution in [3.63, 3.8) is 0 Å². The Morgan fingerprint density at radius 3 is 2.85 bits per heavy atom. The summed E-state index contributed by atoms with van der Waals surface area (Å²) < 4.78 is 13.4. The quantitative estimate of drug-likeness (QED) is 0.202. The molecule has 5 aromatic rings. The van der Waals surface area contributed by atoms with E-state index in [2.05, 4.69) is 31.9 Å². The van der Waals surface area contributed by atoms with E-state index >= 15 is 0 Å². The molecule has 0 atom stereocenters. The maximum absolute atomic E-state index is 13.4. The molecule has 0 unspecified atom stereocenters. The molecule has 0 spiro atoms. The van der Waals surface area contributed by atoms with Gasteiger partial charge in [-0.05, 0) is 76.1 Å². The molecule has 3 aromatic carbocycles. The van der Waals surface area contributed by atoms with Crippen LogP contribution in [0.5, 0.6) is 5.75 Å². The largest absolute Gasteiger partial charge is 0.480 e. The van der Waals surface area contributed by atoms with Crippen molar-refractivity contribution in [1.82, 2.24) is 9.66 Å². The van der Waals surface area contributed by atoms with E-state index in [1.807, 2.05) is 18.2 Å². The fraction of sp³-hybridized carbons (Fsp3) is 0.0385. The van der Waals surface area contributed by atoms with Gasteiger partial charge >= 0.3 is 0 Å². The van der Waals surface area contributed by atoms with Gasteiger partial charge in [-0.1, -0.05) is 29.7 Å². The van der Waals surface area contributed by atoms with Gasteiger partial charge in [-0.25, -0.2) is 4.98 Å². The van der Waals surface area contributed by atoms with Crippen molar-refractivity contribution >= 4 is 55.6 Å². The van der Waals surface area contributed by atoms with Gasteiger partial charge in [-0.15, -0.1) is 6.42 Å². The highest BCUT2D eigenvalue weighted by Crippen LogP contribution is 2.29. The second kappa shape index (κ2) is 9.18. The standard InChI is InChI=1S/C26H15BrClN3O3/c1-2-11-33-23-9-7-16(12-20(23)27)15-29-31-25(30-21-6-4-3-5-19(21)26(31)32)24-14-17-13-18(28)8-10-22(17)34-24/h1,3-10,12-15H,11H2. The topological polar surface area (TPSA) is 69.6 Å². The number of ether oxygens (including phenoxy) is 1. The van der Waals surface area contributed by atoms with Crippen LogP contribution in [0.4, 0.5) is 0 Å². The van der Waals surface area contributed by atoms with Crippen LogP contribution in [0.25, 0.3) is 33.5 Å². The number of benzene rings is 3. The smallest absolute Gasteiger partial charge is 0.282 e. The number of para-hydroxylation sites is 1. The molecule has 34 heavy (non-hydrogen) atoms. The van der Waals surface area contributed by atoms with Gasteiger partial charge < -0.3 is 9.15 Å². The fourth-order valence-corrected chi connectivity index (χ4v) is 4.16. The molecule has 0 aliphatic carbocycles. The van der Waals surface area contributed by atoms with Gasteiger partial charge in [0.05, 0.1) is 21.6 Å². The molecular weight excluding hydrogens is 518 g/mol. The number of aromatic nitrogens is 2. The second-order valence-electron chi connectivity index (χ2n) is 7.29. The molecule has 0 bridgehead atoms. The molecule has 5 rings (SSSR count). The van der Waals surface area contributed by atoms with Crippen LogP contribution in [0, 0.1) is 12.3 Å². The van der Waals surface area contributed by atoms with Gasteiger partial charge in [-0.2, -0.15) is 9.78 Å². The van der Waals surface area contributed by atoms with Crippen LogP contribution in [-0.4, -0.2) is 22.5 Å². The summed E-state index contributed by atoms with van der Waals surface area (Å²) in [5, 5.41) is 6.29. The third-order valence-corrected chi connectivity index (χ3v) is 5.90. The van der Waals surface area contributed by atoms with Crippen molar-refractivity contribution in [3.8, 4) is 29.7 Å². The number of nitrogens with zero attached hydrogens (tertiary/aromatic N) is 3. The maximum Gasteiger partial charge on any atom is 0.282 e. The molecule has 0 N–H and O–H groups in total. The van der Waals surface area contributed by atoms with Crippen LogP contribution < -0.4 is 10.3 Å². The lowest BCUT2D eigenvalue weighted by Crippen LogP contribution is -2.20. The summed E-state index contributed by atoms with van der Waals surface area (Å²) in [7, 11) is 0. The lowest BCUT2D eigenvalue weighted by atomic mass is 10.2. The molecular formula is C26H15BrClN3O3. The Bertz CT molecular complexity index is 1680. The zero-order valence-electron chi connectivity index (χ0n) is 17.5. The van der Waals surface area contributed by atoms with E-state index in [-0.39, 0.29) is 18.0 Å². The van der Waals surface area contributed by atoms with Crippen molar-refractivity contribution in [2.45, 2.75) is 0 Å². The average molecular weight is 533 g/mol. The normalized spacial score (nSPS) is 11.3. The highest BCUT2D eigenvalue weighted by Gasteiger charge is 2.16. The molecule has 0 saturated carbocycles. The molecule has 2 heterocycles. The minimum atomic E-state index is -0.316. The second-order valence-corrected chi connectivity index (χ2v) is 8.58. The molecule has 2 aromatic heterocycles. The Balaban J connectivity index is 1.64. The summed E-state index contributed by atoms with van der Waals surface area (Å²) in [6, 6.07) is 19.6. The van der Waals surface area contributed by atoms with Crippen molar-refractivity contribution < 1.29 is 9.15 Å². The highest BCUT2D eigenvalue weighted by molar-refractivity contribution is 9.10. The molecule has 0 radical (unpaired) electrons. The summed E-state index contributed by atoms with van der Waals surface area (Å²) in [4.78, 5) is 18.0. The van der Waals surface area contributed by atoms with Crippen molar-refractivity contribution in [3.05, 3.63) is 92.1 Å². The number of furan rings is 1. The van der Waals surface area contributed by atoms with E-state index < -0.39 is 0 Å². The van der Waals surface area contributed by atoms with Crippen molar-refractivity contribution in [1.29, 1.82) is 0 Å². The van der Waals surface area contributed by atoms with E-state index in [1.54, 1.807) is 54.7 Å². The number of halogens is 2. The predicted octanol–water partition coefficient (Wildman–Crippen LogP) is 6.12. The number of terminal acetylenes is 1. The Kier molecular flexibility index (Phi) is 5.93. The van der Waals surface area contributed by atoms with Crippen LogP contribution in [-0.2, 0) is 0 Å². The first kappa shape index (κ1) is 22.0.